The van der Waals surface area contributed by atoms with E-state index in [-0.39, 0.29) is 10.9 Å². The Morgan fingerprint density at radius 2 is 2.32 bits per heavy atom. The second kappa shape index (κ2) is 5.75. The highest BCUT2D eigenvalue weighted by Gasteiger charge is 2.13. The predicted molar refractivity (Wildman–Crippen MR) is 76.4 cm³/mol. The SMILES string of the molecule is CCCc1cc(NC(=O)c2cccc(N)c2Cl)n[nH]1. The van der Waals surface area contributed by atoms with Crippen molar-refractivity contribution in [2.45, 2.75) is 19.8 Å². The lowest BCUT2D eigenvalue weighted by Gasteiger charge is -2.05. The van der Waals surface area contributed by atoms with Crippen LogP contribution >= 0.6 is 11.6 Å². The van der Waals surface area contributed by atoms with E-state index in [4.69, 9.17) is 17.3 Å². The van der Waals surface area contributed by atoms with E-state index >= 15 is 0 Å². The van der Waals surface area contributed by atoms with Crippen LogP contribution in [0.3, 0.4) is 0 Å². The normalized spacial score (nSPS) is 10.4. The maximum atomic E-state index is 12.0. The Kier molecular flexibility index (Phi) is 4.06. The van der Waals surface area contributed by atoms with E-state index in [1.54, 1.807) is 18.2 Å². The van der Waals surface area contributed by atoms with Crippen LogP contribution in [0.15, 0.2) is 24.3 Å². The monoisotopic (exact) mass is 278 g/mol. The molecule has 0 saturated carbocycles. The quantitative estimate of drug-likeness (QED) is 0.752. The average molecular weight is 279 g/mol. The molecule has 5 nitrogen and oxygen atoms in total. The number of aromatic nitrogens is 2. The van der Waals surface area contributed by atoms with E-state index in [1.165, 1.54) is 0 Å². The molecule has 0 saturated heterocycles. The summed E-state index contributed by atoms with van der Waals surface area (Å²) in [6, 6.07) is 6.76. The zero-order valence-corrected chi connectivity index (χ0v) is 11.3. The molecule has 1 aromatic carbocycles. The number of aromatic amines is 1. The van der Waals surface area contributed by atoms with Crippen molar-refractivity contribution >= 4 is 29.0 Å². The Hall–Kier alpha value is -2.01. The Labute approximate surface area is 116 Å². The standard InChI is InChI=1S/C13H15ClN4O/c1-2-4-8-7-11(18-17-8)16-13(19)9-5-3-6-10(15)12(9)14/h3,5-7H,2,4,15H2,1H3,(H2,16,17,18,19). The van der Waals surface area contributed by atoms with Crippen molar-refractivity contribution in [3.05, 3.63) is 40.5 Å². The van der Waals surface area contributed by atoms with Crippen LogP contribution in [-0.2, 0) is 6.42 Å². The van der Waals surface area contributed by atoms with Gasteiger partial charge in [-0.15, -0.1) is 0 Å². The first kappa shape index (κ1) is 13.4. The number of hydrogen-bond donors (Lipinski definition) is 3. The van der Waals surface area contributed by atoms with E-state index in [1.807, 2.05) is 6.07 Å². The highest BCUT2D eigenvalue weighted by molar-refractivity contribution is 6.36. The summed E-state index contributed by atoms with van der Waals surface area (Å²) >= 11 is 6.00. The summed E-state index contributed by atoms with van der Waals surface area (Å²) in [7, 11) is 0. The molecule has 2 rings (SSSR count). The Morgan fingerprint density at radius 3 is 3.05 bits per heavy atom. The number of aryl methyl sites for hydroxylation is 1. The molecule has 0 aliphatic rings. The molecule has 1 aromatic heterocycles. The fourth-order valence-electron chi connectivity index (χ4n) is 1.73. The molecule has 4 N–H and O–H groups in total. The van der Waals surface area contributed by atoms with Crippen molar-refractivity contribution in [2.24, 2.45) is 0 Å². The zero-order chi connectivity index (χ0) is 13.8. The summed E-state index contributed by atoms with van der Waals surface area (Å²) in [5, 5.41) is 9.83. The zero-order valence-electron chi connectivity index (χ0n) is 10.5. The summed E-state index contributed by atoms with van der Waals surface area (Å²) < 4.78 is 0. The number of nitrogens with two attached hydrogens (primary N) is 1. The molecule has 6 heteroatoms. The first-order valence-electron chi connectivity index (χ1n) is 6.01. The number of hydrogen-bond acceptors (Lipinski definition) is 3. The van der Waals surface area contributed by atoms with Gasteiger partial charge in [0.2, 0.25) is 0 Å². The van der Waals surface area contributed by atoms with E-state index in [2.05, 4.69) is 22.4 Å². The van der Waals surface area contributed by atoms with E-state index < -0.39 is 0 Å². The van der Waals surface area contributed by atoms with Gasteiger partial charge in [0, 0.05) is 11.8 Å². The predicted octanol–water partition coefficient (Wildman–Crippen LogP) is 2.85. The van der Waals surface area contributed by atoms with Gasteiger partial charge in [-0.05, 0) is 18.6 Å². The minimum absolute atomic E-state index is 0.254. The van der Waals surface area contributed by atoms with E-state index in [0.717, 1.165) is 18.5 Å². The van der Waals surface area contributed by atoms with Crippen molar-refractivity contribution in [1.82, 2.24) is 10.2 Å². The van der Waals surface area contributed by atoms with Crippen molar-refractivity contribution < 1.29 is 4.79 Å². The number of carbonyl (C=O) groups excluding carboxylic acids is 1. The van der Waals surface area contributed by atoms with Crippen molar-refractivity contribution in [3.63, 3.8) is 0 Å². The third-order valence-corrected chi connectivity index (χ3v) is 3.09. The first-order valence-corrected chi connectivity index (χ1v) is 6.39. The second-order valence-corrected chi connectivity index (χ2v) is 4.57. The Balaban J connectivity index is 2.14. The molecule has 0 radical (unpaired) electrons. The van der Waals surface area contributed by atoms with Gasteiger partial charge in [0.05, 0.1) is 16.3 Å². The minimum Gasteiger partial charge on any atom is -0.398 e. The molecule has 0 aliphatic heterocycles. The number of halogens is 1. The van der Waals surface area contributed by atoms with Crippen LogP contribution in [0.4, 0.5) is 11.5 Å². The summed E-state index contributed by atoms with van der Waals surface area (Å²) in [5.41, 5.74) is 7.36. The second-order valence-electron chi connectivity index (χ2n) is 4.19. The molecule has 1 heterocycles. The van der Waals surface area contributed by atoms with Gasteiger partial charge in [0.15, 0.2) is 5.82 Å². The smallest absolute Gasteiger partial charge is 0.258 e. The Morgan fingerprint density at radius 1 is 1.53 bits per heavy atom. The number of benzene rings is 1. The molecular formula is C13H15ClN4O. The molecule has 1 amide bonds. The average Bonchev–Trinajstić information content (AvgIpc) is 2.80. The Bertz CT molecular complexity index is 594. The maximum absolute atomic E-state index is 12.0. The number of carbonyl (C=O) groups is 1. The van der Waals surface area contributed by atoms with Gasteiger partial charge in [0.1, 0.15) is 0 Å². The number of rotatable bonds is 4. The van der Waals surface area contributed by atoms with Crippen LogP contribution in [0.5, 0.6) is 0 Å². The molecule has 0 bridgehead atoms. The van der Waals surface area contributed by atoms with E-state index in [9.17, 15) is 4.79 Å². The molecular weight excluding hydrogens is 264 g/mol. The van der Waals surface area contributed by atoms with Crippen LogP contribution in [0.2, 0.25) is 5.02 Å². The van der Waals surface area contributed by atoms with Gasteiger partial charge in [-0.3, -0.25) is 9.89 Å². The third kappa shape index (κ3) is 3.06. The fraction of sp³-hybridized carbons (Fsp3) is 0.231. The van der Waals surface area contributed by atoms with Crippen molar-refractivity contribution in [3.8, 4) is 0 Å². The summed E-state index contributed by atoms with van der Waals surface area (Å²) in [6.45, 7) is 2.08. The molecule has 0 atom stereocenters. The largest absolute Gasteiger partial charge is 0.398 e. The van der Waals surface area contributed by atoms with Crippen LogP contribution in [-0.4, -0.2) is 16.1 Å². The summed E-state index contributed by atoms with van der Waals surface area (Å²) in [5.74, 6) is 0.152. The summed E-state index contributed by atoms with van der Waals surface area (Å²) in [4.78, 5) is 12.0. The van der Waals surface area contributed by atoms with Crippen molar-refractivity contribution in [1.29, 1.82) is 0 Å². The number of nitrogens with zero attached hydrogens (tertiary/aromatic N) is 1. The van der Waals surface area contributed by atoms with Crippen LogP contribution in [0.1, 0.15) is 29.4 Å². The highest BCUT2D eigenvalue weighted by atomic mass is 35.5. The molecule has 100 valence electrons. The summed E-state index contributed by atoms with van der Waals surface area (Å²) in [6.07, 6.45) is 1.90. The van der Waals surface area contributed by atoms with Crippen molar-refractivity contribution in [2.75, 3.05) is 11.1 Å². The number of H-pyrrole nitrogens is 1. The van der Waals surface area contributed by atoms with Gasteiger partial charge in [-0.2, -0.15) is 5.10 Å². The lowest BCUT2D eigenvalue weighted by Crippen LogP contribution is -2.13. The molecule has 2 aromatic rings. The third-order valence-electron chi connectivity index (χ3n) is 2.67. The van der Waals surface area contributed by atoms with Gasteiger partial charge < -0.3 is 11.1 Å². The fourth-order valence-corrected chi connectivity index (χ4v) is 1.94. The highest BCUT2D eigenvalue weighted by Crippen LogP contribution is 2.23. The lowest BCUT2D eigenvalue weighted by molar-refractivity contribution is 0.102. The number of amides is 1. The topological polar surface area (TPSA) is 83.8 Å². The van der Waals surface area contributed by atoms with Crippen LogP contribution < -0.4 is 11.1 Å². The lowest BCUT2D eigenvalue weighted by atomic mass is 10.2. The van der Waals surface area contributed by atoms with Gasteiger partial charge in [0.25, 0.3) is 5.91 Å². The van der Waals surface area contributed by atoms with Gasteiger partial charge in [-0.25, -0.2) is 0 Å². The van der Waals surface area contributed by atoms with Gasteiger partial charge in [-0.1, -0.05) is 31.0 Å². The molecule has 19 heavy (non-hydrogen) atoms. The number of nitrogens with one attached hydrogen (secondary N) is 2. The molecule has 0 spiro atoms. The van der Waals surface area contributed by atoms with Gasteiger partial charge >= 0.3 is 0 Å². The molecule has 0 aliphatic carbocycles. The minimum atomic E-state index is -0.327. The van der Waals surface area contributed by atoms with E-state index in [0.29, 0.717) is 17.1 Å². The number of anilines is 2. The maximum Gasteiger partial charge on any atom is 0.258 e. The van der Waals surface area contributed by atoms with Crippen LogP contribution in [0, 0.1) is 0 Å². The molecule has 0 unspecified atom stereocenters. The van der Waals surface area contributed by atoms with Crippen LogP contribution in [0.25, 0.3) is 0 Å². The first-order chi connectivity index (χ1) is 9.11. The molecule has 0 fully saturated rings. The number of nitrogen functional groups attached to an aromatic ring is 1.